The van der Waals surface area contributed by atoms with Gasteiger partial charge in [-0.05, 0) is 39.0 Å². The number of carboxylic acid groups (broad SMARTS) is 1. The van der Waals surface area contributed by atoms with E-state index >= 15 is 0 Å². The number of carboxylic acids is 1. The molecule has 0 bridgehead atoms. The molecule has 19 heavy (non-hydrogen) atoms. The van der Waals surface area contributed by atoms with Crippen molar-refractivity contribution >= 4 is 11.9 Å². The Bertz CT molecular complexity index is 471. The van der Waals surface area contributed by atoms with Crippen LogP contribution in [-0.2, 0) is 16.0 Å². The van der Waals surface area contributed by atoms with Gasteiger partial charge >= 0.3 is 5.97 Å². The minimum absolute atomic E-state index is 0.0977. The van der Waals surface area contributed by atoms with E-state index in [9.17, 15) is 9.59 Å². The Balaban J connectivity index is 1.86. The van der Waals surface area contributed by atoms with E-state index in [1.54, 1.807) is 6.92 Å². The monoisotopic (exact) mass is 266 g/mol. The number of nitrogens with zero attached hydrogens (tertiary/aromatic N) is 1. The van der Waals surface area contributed by atoms with Crippen molar-refractivity contribution in [2.75, 3.05) is 0 Å². The quantitative estimate of drug-likeness (QED) is 0.807. The highest BCUT2D eigenvalue weighted by molar-refractivity contribution is 5.84. The molecule has 1 saturated carbocycles. The highest BCUT2D eigenvalue weighted by Gasteiger charge is 2.37. The standard InChI is InChI=1S/C13H18N2O4/c1-7-10(8(2)19-15-7)5-6-11(16)14-12(13(17)18)9-3-4-9/h9,12H,3-6H2,1-2H3,(H,14,16)(H,17,18). The van der Waals surface area contributed by atoms with E-state index in [1.807, 2.05) is 6.92 Å². The lowest BCUT2D eigenvalue weighted by Crippen LogP contribution is -2.42. The van der Waals surface area contributed by atoms with Crippen LogP contribution in [0.2, 0.25) is 0 Å². The van der Waals surface area contributed by atoms with E-state index in [0.717, 1.165) is 24.1 Å². The Labute approximate surface area is 111 Å². The van der Waals surface area contributed by atoms with Crippen molar-refractivity contribution in [3.8, 4) is 0 Å². The zero-order valence-corrected chi connectivity index (χ0v) is 11.1. The molecule has 1 amide bonds. The number of aliphatic carboxylic acids is 1. The number of aryl methyl sites for hydroxylation is 2. The highest BCUT2D eigenvalue weighted by atomic mass is 16.5. The van der Waals surface area contributed by atoms with E-state index in [4.69, 9.17) is 9.63 Å². The first-order chi connectivity index (χ1) is 8.99. The van der Waals surface area contributed by atoms with Crippen molar-refractivity contribution < 1.29 is 19.2 Å². The van der Waals surface area contributed by atoms with Crippen LogP contribution < -0.4 is 5.32 Å². The Hall–Kier alpha value is -1.85. The lowest BCUT2D eigenvalue weighted by Gasteiger charge is -2.13. The van der Waals surface area contributed by atoms with Crippen molar-refractivity contribution in [2.45, 2.75) is 45.6 Å². The Morgan fingerprint density at radius 2 is 2.16 bits per heavy atom. The zero-order chi connectivity index (χ0) is 14.0. The molecule has 1 fully saturated rings. The fourth-order valence-electron chi connectivity index (χ4n) is 2.15. The lowest BCUT2D eigenvalue weighted by molar-refractivity contribution is -0.142. The van der Waals surface area contributed by atoms with E-state index in [1.165, 1.54) is 0 Å². The molecule has 1 aliphatic carbocycles. The molecule has 1 atom stereocenters. The molecular weight excluding hydrogens is 248 g/mol. The molecule has 0 spiro atoms. The third kappa shape index (κ3) is 3.33. The van der Waals surface area contributed by atoms with Gasteiger partial charge in [0.05, 0.1) is 5.69 Å². The molecule has 1 aromatic rings. The maximum absolute atomic E-state index is 11.8. The Kier molecular flexibility index (Phi) is 3.87. The zero-order valence-electron chi connectivity index (χ0n) is 11.1. The molecule has 6 nitrogen and oxygen atoms in total. The second-order valence-electron chi connectivity index (χ2n) is 5.02. The molecule has 104 valence electrons. The summed E-state index contributed by atoms with van der Waals surface area (Å²) < 4.78 is 5.02. The summed E-state index contributed by atoms with van der Waals surface area (Å²) in [6.07, 6.45) is 2.52. The second-order valence-corrected chi connectivity index (χ2v) is 5.02. The SMILES string of the molecule is Cc1noc(C)c1CCC(=O)NC(C(=O)O)C1CC1. The van der Waals surface area contributed by atoms with Crippen LogP contribution >= 0.6 is 0 Å². The van der Waals surface area contributed by atoms with E-state index in [-0.39, 0.29) is 18.2 Å². The predicted molar refractivity (Wildman–Crippen MR) is 66.6 cm³/mol. The number of carbonyl (C=O) groups is 2. The van der Waals surface area contributed by atoms with E-state index in [0.29, 0.717) is 12.2 Å². The third-order valence-electron chi connectivity index (χ3n) is 3.46. The molecular formula is C13H18N2O4. The first-order valence-electron chi connectivity index (χ1n) is 6.43. The first kappa shape index (κ1) is 13.6. The van der Waals surface area contributed by atoms with Gasteiger partial charge in [0.25, 0.3) is 0 Å². The van der Waals surface area contributed by atoms with Gasteiger partial charge in [-0.3, -0.25) is 4.79 Å². The molecule has 1 aromatic heterocycles. The fraction of sp³-hybridized carbons (Fsp3) is 0.615. The molecule has 0 saturated heterocycles. The minimum Gasteiger partial charge on any atom is -0.480 e. The van der Waals surface area contributed by atoms with E-state index in [2.05, 4.69) is 10.5 Å². The third-order valence-corrected chi connectivity index (χ3v) is 3.46. The van der Waals surface area contributed by atoms with Gasteiger partial charge in [-0.1, -0.05) is 5.16 Å². The van der Waals surface area contributed by atoms with Gasteiger partial charge in [-0.15, -0.1) is 0 Å². The van der Waals surface area contributed by atoms with Crippen LogP contribution in [0.4, 0.5) is 0 Å². The van der Waals surface area contributed by atoms with Gasteiger partial charge in [0, 0.05) is 12.0 Å². The van der Waals surface area contributed by atoms with Crippen LogP contribution in [-0.4, -0.2) is 28.2 Å². The summed E-state index contributed by atoms with van der Waals surface area (Å²) >= 11 is 0. The highest BCUT2D eigenvalue weighted by Crippen LogP contribution is 2.32. The summed E-state index contributed by atoms with van der Waals surface area (Å²) in [4.78, 5) is 22.8. The van der Waals surface area contributed by atoms with Crippen LogP contribution in [0, 0.1) is 19.8 Å². The first-order valence-corrected chi connectivity index (χ1v) is 6.43. The Morgan fingerprint density at radius 3 is 2.63 bits per heavy atom. The molecule has 1 aliphatic rings. The van der Waals surface area contributed by atoms with Crippen LogP contribution in [0.1, 0.15) is 36.3 Å². The molecule has 0 aromatic carbocycles. The maximum atomic E-state index is 11.8. The van der Waals surface area contributed by atoms with Gasteiger partial charge < -0.3 is 14.9 Å². The number of rotatable bonds is 6. The van der Waals surface area contributed by atoms with Gasteiger partial charge in [-0.25, -0.2) is 4.79 Å². The van der Waals surface area contributed by atoms with Crippen molar-refractivity contribution in [1.29, 1.82) is 0 Å². The molecule has 1 heterocycles. The normalized spacial score (nSPS) is 16.1. The van der Waals surface area contributed by atoms with Crippen LogP contribution in [0.5, 0.6) is 0 Å². The van der Waals surface area contributed by atoms with Gasteiger partial charge in [-0.2, -0.15) is 0 Å². The van der Waals surface area contributed by atoms with Crippen molar-refractivity contribution in [3.63, 3.8) is 0 Å². The largest absolute Gasteiger partial charge is 0.480 e. The Morgan fingerprint density at radius 1 is 1.47 bits per heavy atom. The fourth-order valence-corrected chi connectivity index (χ4v) is 2.15. The molecule has 0 radical (unpaired) electrons. The lowest BCUT2D eigenvalue weighted by atomic mass is 10.1. The maximum Gasteiger partial charge on any atom is 0.326 e. The summed E-state index contributed by atoms with van der Waals surface area (Å²) in [6.45, 7) is 3.63. The average Bonchev–Trinajstić information content (AvgIpc) is 3.12. The smallest absolute Gasteiger partial charge is 0.326 e. The molecule has 2 N–H and O–H groups in total. The molecule has 1 unspecified atom stereocenters. The number of aromatic nitrogens is 1. The van der Waals surface area contributed by atoms with Crippen molar-refractivity contribution in [3.05, 3.63) is 17.0 Å². The minimum atomic E-state index is -0.951. The van der Waals surface area contributed by atoms with Crippen molar-refractivity contribution in [2.24, 2.45) is 5.92 Å². The van der Waals surface area contributed by atoms with Crippen molar-refractivity contribution in [1.82, 2.24) is 10.5 Å². The molecule has 0 aliphatic heterocycles. The predicted octanol–water partition coefficient (Wildman–Crippen LogP) is 1.20. The number of nitrogens with one attached hydrogen (secondary N) is 1. The summed E-state index contributed by atoms with van der Waals surface area (Å²) in [6, 6.07) is -0.739. The summed E-state index contributed by atoms with van der Waals surface area (Å²) in [5.41, 5.74) is 1.70. The number of carbonyl (C=O) groups excluding carboxylic acids is 1. The number of hydrogen-bond donors (Lipinski definition) is 2. The topological polar surface area (TPSA) is 92.4 Å². The molecule has 2 rings (SSSR count). The number of hydrogen-bond acceptors (Lipinski definition) is 4. The van der Waals surface area contributed by atoms with Gasteiger partial charge in [0.15, 0.2) is 0 Å². The second kappa shape index (κ2) is 5.42. The van der Waals surface area contributed by atoms with Crippen LogP contribution in [0.3, 0.4) is 0 Å². The average molecular weight is 266 g/mol. The summed E-state index contributed by atoms with van der Waals surface area (Å²) in [5, 5.41) is 15.4. The van der Waals surface area contributed by atoms with Gasteiger partial charge in [0.2, 0.25) is 5.91 Å². The number of amides is 1. The van der Waals surface area contributed by atoms with Crippen LogP contribution in [0.15, 0.2) is 4.52 Å². The van der Waals surface area contributed by atoms with Crippen LogP contribution in [0.25, 0.3) is 0 Å². The van der Waals surface area contributed by atoms with E-state index < -0.39 is 12.0 Å². The summed E-state index contributed by atoms with van der Waals surface area (Å²) in [5.74, 6) is -0.379. The molecule has 6 heteroatoms. The summed E-state index contributed by atoms with van der Waals surface area (Å²) in [7, 11) is 0. The van der Waals surface area contributed by atoms with Gasteiger partial charge in [0.1, 0.15) is 11.8 Å².